The third kappa shape index (κ3) is 10.5. The molecule has 6 nitrogen and oxygen atoms in total. The van der Waals surface area contributed by atoms with E-state index in [9.17, 15) is 0 Å². The number of ether oxygens (including phenoxy) is 5. The zero-order valence-electron chi connectivity index (χ0n) is 12.3. The van der Waals surface area contributed by atoms with Crippen LogP contribution in [0.1, 0.15) is 25.7 Å². The highest BCUT2D eigenvalue weighted by Crippen LogP contribution is 2.02. The molecule has 0 aliphatic carbocycles. The Morgan fingerprint density at radius 2 is 1.65 bits per heavy atom. The van der Waals surface area contributed by atoms with Gasteiger partial charge in [0.1, 0.15) is 0 Å². The molecule has 6 heteroatoms. The van der Waals surface area contributed by atoms with Crippen LogP contribution in [-0.4, -0.2) is 70.9 Å². The second-order valence-corrected chi connectivity index (χ2v) is 4.61. The third-order valence-electron chi connectivity index (χ3n) is 2.84. The fourth-order valence-electron chi connectivity index (χ4n) is 1.75. The molecule has 1 saturated heterocycles. The molecule has 120 valence electrons. The zero-order chi connectivity index (χ0) is 14.3. The summed E-state index contributed by atoms with van der Waals surface area (Å²) in [5.74, 6) is 0. The van der Waals surface area contributed by atoms with Crippen molar-refractivity contribution < 1.29 is 28.8 Å². The van der Waals surface area contributed by atoms with Crippen molar-refractivity contribution in [1.29, 1.82) is 0 Å². The third-order valence-corrected chi connectivity index (χ3v) is 2.84. The summed E-state index contributed by atoms with van der Waals surface area (Å²) in [5.41, 5.74) is 0. The normalized spacial score (nSPS) is 19.4. The van der Waals surface area contributed by atoms with E-state index in [1.54, 1.807) is 0 Å². The Bertz CT molecular complexity index is 196. The Hall–Kier alpha value is -0.240. The van der Waals surface area contributed by atoms with Crippen LogP contribution < -0.4 is 0 Å². The molecule has 0 aromatic rings. The van der Waals surface area contributed by atoms with Crippen LogP contribution in [-0.2, 0) is 23.7 Å². The first-order valence-electron chi connectivity index (χ1n) is 7.51. The monoisotopic (exact) mass is 292 g/mol. The van der Waals surface area contributed by atoms with Gasteiger partial charge in [-0.05, 0) is 25.7 Å². The van der Waals surface area contributed by atoms with Crippen molar-refractivity contribution in [2.24, 2.45) is 0 Å². The van der Waals surface area contributed by atoms with Crippen molar-refractivity contribution in [3.8, 4) is 0 Å². The summed E-state index contributed by atoms with van der Waals surface area (Å²) in [6.45, 7) is 5.32. The van der Waals surface area contributed by atoms with E-state index in [1.165, 1.54) is 0 Å². The van der Waals surface area contributed by atoms with Gasteiger partial charge in [-0.25, -0.2) is 0 Å². The lowest BCUT2D eigenvalue weighted by Crippen LogP contribution is -2.31. The molecule has 1 fully saturated rings. The van der Waals surface area contributed by atoms with Gasteiger partial charge in [-0.15, -0.1) is 0 Å². The predicted molar refractivity (Wildman–Crippen MR) is 73.7 cm³/mol. The van der Waals surface area contributed by atoms with E-state index in [4.69, 9.17) is 28.8 Å². The quantitative estimate of drug-likeness (QED) is 0.510. The van der Waals surface area contributed by atoms with Crippen molar-refractivity contribution in [1.82, 2.24) is 0 Å². The number of rotatable bonds is 13. The van der Waals surface area contributed by atoms with E-state index < -0.39 is 0 Å². The topological polar surface area (TPSA) is 66.4 Å². The van der Waals surface area contributed by atoms with Gasteiger partial charge in [0.25, 0.3) is 0 Å². The number of aliphatic hydroxyl groups excluding tert-OH is 1. The SMILES string of the molecule is OCCCCCOCCOCCCOC1COCCO1. The molecule has 1 atom stereocenters. The van der Waals surface area contributed by atoms with E-state index in [0.717, 1.165) is 32.3 Å². The largest absolute Gasteiger partial charge is 0.396 e. The van der Waals surface area contributed by atoms with Crippen molar-refractivity contribution in [2.45, 2.75) is 32.0 Å². The van der Waals surface area contributed by atoms with Crippen molar-refractivity contribution in [2.75, 3.05) is 59.5 Å². The maximum absolute atomic E-state index is 8.61. The van der Waals surface area contributed by atoms with E-state index in [2.05, 4.69) is 0 Å². The Labute approximate surface area is 121 Å². The second kappa shape index (κ2) is 13.7. The summed E-state index contributed by atoms with van der Waals surface area (Å²) < 4.78 is 26.9. The minimum atomic E-state index is -0.217. The Morgan fingerprint density at radius 3 is 2.35 bits per heavy atom. The fraction of sp³-hybridized carbons (Fsp3) is 1.00. The molecule has 0 saturated carbocycles. The molecule has 0 aromatic heterocycles. The molecule has 0 bridgehead atoms. The van der Waals surface area contributed by atoms with E-state index in [1.807, 2.05) is 0 Å². The van der Waals surface area contributed by atoms with Gasteiger partial charge < -0.3 is 28.8 Å². The van der Waals surface area contributed by atoms with Gasteiger partial charge in [-0.3, -0.25) is 0 Å². The van der Waals surface area contributed by atoms with Crippen LogP contribution in [0.25, 0.3) is 0 Å². The molecule has 0 aromatic carbocycles. The van der Waals surface area contributed by atoms with Crippen molar-refractivity contribution in [3.05, 3.63) is 0 Å². The lowest BCUT2D eigenvalue weighted by molar-refractivity contribution is -0.212. The van der Waals surface area contributed by atoms with Crippen molar-refractivity contribution in [3.63, 3.8) is 0 Å². The molecule has 1 heterocycles. The van der Waals surface area contributed by atoms with Gasteiger partial charge in [0.15, 0.2) is 6.29 Å². The summed E-state index contributed by atoms with van der Waals surface area (Å²) >= 11 is 0. The summed E-state index contributed by atoms with van der Waals surface area (Å²) in [7, 11) is 0. The average Bonchev–Trinajstić information content (AvgIpc) is 2.49. The maximum atomic E-state index is 8.61. The van der Waals surface area contributed by atoms with Crippen LogP contribution in [0.4, 0.5) is 0 Å². The smallest absolute Gasteiger partial charge is 0.180 e. The molecule has 0 spiro atoms. The Balaban J connectivity index is 1.70. The summed E-state index contributed by atoms with van der Waals surface area (Å²) in [4.78, 5) is 0. The maximum Gasteiger partial charge on any atom is 0.180 e. The first-order chi connectivity index (χ1) is 9.93. The number of hydrogen-bond donors (Lipinski definition) is 1. The Kier molecular flexibility index (Phi) is 12.2. The minimum absolute atomic E-state index is 0.217. The van der Waals surface area contributed by atoms with Crippen LogP contribution in [0.15, 0.2) is 0 Å². The molecule has 1 N–H and O–H groups in total. The predicted octanol–water partition coefficient (Wildman–Crippen LogP) is 0.962. The molecule has 1 aliphatic rings. The zero-order valence-corrected chi connectivity index (χ0v) is 12.3. The van der Waals surface area contributed by atoms with Crippen LogP contribution in [0.5, 0.6) is 0 Å². The van der Waals surface area contributed by atoms with E-state index in [0.29, 0.717) is 46.2 Å². The number of aliphatic hydroxyl groups is 1. The lowest BCUT2D eigenvalue weighted by atomic mass is 10.2. The lowest BCUT2D eigenvalue weighted by Gasteiger charge is -2.22. The standard InChI is InChI=1S/C14H28O6/c15-5-2-1-3-6-16-9-10-17-7-4-8-19-14-13-18-11-12-20-14/h14-15H,1-13H2. The van der Waals surface area contributed by atoms with Gasteiger partial charge >= 0.3 is 0 Å². The van der Waals surface area contributed by atoms with Crippen LogP contribution >= 0.6 is 0 Å². The summed E-state index contributed by atoms with van der Waals surface area (Å²) in [6, 6.07) is 0. The highest BCUT2D eigenvalue weighted by molar-refractivity contribution is 4.49. The Morgan fingerprint density at radius 1 is 0.850 bits per heavy atom. The molecule has 1 aliphatic heterocycles. The van der Waals surface area contributed by atoms with Gasteiger partial charge in [-0.2, -0.15) is 0 Å². The van der Waals surface area contributed by atoms with Gasteiger partial charge in [0.2, 0.25) is 0 Å². The second-order valence-electron chi connectivity index (χ2n) is 4.61. The highest BCUT2D eigenvalue weighted by Gasteiger charge is 2.13. The van der Waals surface area contributed by atoms with Crippen LogP contribution in [0.3, 0.4) is 0 Å². The molecular formula is C14H28O6. The average molecular weight is 292 g/mol. The van der Waals surface area contributed by atoms with Gasteiger partial charge in [-0.1, -0.05) is 0 Å². The highest BCUT2D eigenvalue weighted by atomic mass is 16.7. The molecule has 1 unspecified atom stereocenters. The van der Waals surface area contributed by atoms with Crippen LogP contribution in [0.2, 0.25) is 0 Å². The molecular weight excluding hydrogens is 264 g/mol. The summed E-state index contributed by atoms with van der Waals surface area (Å²) in [5, 5.41) is 8.61. The fourth-order valence-corrected chi connectivity index (χ4v) is 1.75. The first-order valence-corrected chi connectivity index (χ1v) is 7.51. The number of unbranched alkanes of at least 4 members (excludes halogenated alkanes) is 2. The number of hydrogen-bond acceptors (Lipinski definition) is 6. The molecule has 20 heavy (non-hydrogen) atoms. The molecule has 0 amide bonds. The van der Waals surface area contributed by atoms with Gasteiger partial charge in [0.05, 0.1) is 39.6 Å². The molecule has 0 radical (unpaired) electrons. The summed E-state index contributed by atoms with van der Waals surface area (Å²) in [6.07, 6.45) is 3.50. The first kappa shape index (κ1) is 17.8. The van der Waals surface area contributed by atoms with Gasteiger partial charge in [0, 0.05) is 19.8 Å². The molecule has 1 rings (SSSR count). The van der Waals surface area contributed by atoms with E-state index in [-0.39, 0.29) is 12.9 Å². The van der Waals surface area contributed by atoms with Crippen molar-refractivity contribution >= 4 is 0 Å². The van der Waals surface area contributed by atoms with Crippen LogP contribution in [0, 0.1) is 0 Å². The minimum Gasteiger partial charge on any atom is -0.396 e. The van der Waals surface area contributed by atoms with E-state index >= 15 is 0 Å².